The van der Waals surface area contributed by atoms with E-state index in [2.05, 4.69) is 17.3 Å². The van der Waals surface area contributed by atoms with Crippen LogP contribution >= 0.6 is 0 Å². The van der Waals surface area contributed by atoms with Crippen LogP contribution in [-0.2, 0) is 7.05 Å². The van der Waals surface area contributed by atoms with Crippen molar-refractivity contribution in [2.75, 3.05) is 18.4 Å². The van der Waals surface area contributed by atoms with Crippen molar-refractivity contribution >= 4 is 11.8 Å². The molecule has 5 nitrogen and oxygen atoms in total. The maximum absolute atomic E-state index is 11.8. The molecule has 1 fully saturated rings. The summed E-state index contributed by atoms with van der Waals surface area (Å²) >= 11 is 0. The van der Waals surface area contributed by atoms with E-state index in [0.717, 1.165) is 31.8 Å². The van der Waals surface area contributed by atoms with Crippen LogP contribution in [0, 0.1) is 5.92 Å². The maximum Gasteiger partial charge on any atom is 0.323 e. The van der Waals surface area contributed by atoms with Gasteiger partial charge in [0.05, 0.1) is 0 Å². The Balaban J connectivity index is 1.88. The maximum atomic E-state index is 11.8. The lowest BCUT2D eigenvalue weighted by Gasteiger charge is -2.29. The molecule has 88 valence electrons. The third-order valence-electron chi connectivity index (χ3n) is 3.02. The van der Waals surface area contributed by atoms with Crippen molar-refractivity contribution in [3.05, 3.63) is 12.3 Å². The number of likely N-dealkylation sites (tertiary alicyclic amines) is 1. The van der Waals surface area contributed by atoms with Crippen molar-refractivity contribution in [1.82, 2.24) is 14.7 Å². The number of aryl methyl sites for hydroxylation is 1. The molecule has 1 saturated heterocycles. The van der Waals surface area contributed by atoms with Crippen LogP contribution in [0.4, 0.5) is 10.6 Å². The zero-order chi connectivity index (χ0) is 11.5. The summed E-state index contributed by atoms with van der Waals surface area (Å²) in [6, 6.07) is 1.76. The predicted octanol–water partition coefficient (Wildman–Crippen LogP) is 1.68. The van der Waals surface area contributed by atoms with Crippen molar-refractivity contribution < 1.29 is 4.79 Å². The highest BCUT2D eigenvalue weighted by atomic mass is 16.2. The molecule has 0 saturated carbocycles. The Morgan fingerprint density at radius 2 is 2.19 bits per heavy atom. The van der Waals surface area contributed by atoms with Gasteiger partial charge in [0.2, 0.25) is 0 Å². The van der Waals surface area contributed by atoms with Gasteiger partial charge < -0.3 is 4.90 Å². The van der Waals surface area contributed by atoms with Crippen LogP contribution < -0.4 is 5.32 Å². The van der Waals surface area contributed by atoms with Gasteiger partial charge in [-0.25, -0.2) is 4.79 Å². The number of nitrogens with zero attached hydrogens (tertiary/aromatic N) is 3. The number of anilines is 1. The Labute approximate surface area is 95.4 Å². The molecule has 1 aliphatic heterocycles. The normalized spacial score (nSPS) is 17.5. The molecule has 1 N–H and O–H groups in total. The first-order valence-electron chi connectivity index (χ1n) is 5.71. The molecule has 16 heavy (non-hydrogen) atoms. The van der Waals surface area contributed by atoms with Gasteiger partial charge in [-0.1, -0.05) is 6.92 Å². The van der Waals surface area contributed by atoms with Crippen molar-refractivity contribution in [2.45, 2.75) is 19.8 Å². The number of piperidine rings is 1. The first-order valence-corrected chi connectivity index (χ1v) is 5.71. The Bertz CT molecular complexity index is 366. The minimum atomic E-state index is -0.0365. The topological polar surface area (TPSA) is 50.2 Å². The fraction of sp³-hybridized carbons (Fsp3) is 0.636. The lowest BCUT2D eigenvalue weighted by atomic mass is 10.00. The van der Waals surface area contributed by atoms with E-state index >= 15 is 0 Å². The SMILES string of the molecule is CC1CCN(C(=O)Nc2ccn(C)n2)CC1. The summed E-state index contributed by atoms with van der Waals surface area (Å²) in [5, 5.41) is 6.92. The number of carbonyl (C=O) groups is 1. The average Bonchev–Trinajstić information content (AvgIpc) is 2.65. The lowest BCUT2D eigenvalue weighted by Crippen LogP contribution is -2.40. The van der Waals surface area contributed by atoms with Gasteiger partial charge in [0.1, 0.15) is 0 Å². The van der Waals surface area contributed by atoms with Crippen molar-refractivity contribution in [1.29, 1.82) is 0 Å². The summed E-state index contributed by atoms with van der Waals surface area (Å²) in [5.41, 5.74) is 0. The zero-order valence-corrected chi connectivity index (χ0v) is 9.81. The second-order valence-corrected chi connectivity index (χ2v) is 4.47. The monoisotopic (exact) mass is 222 g/mol. The van der Waals surface area contributed by atoms with Gasteiger partial charge in [0.25, 0.3) is 0 Å². The fourth-order valence-electron chi connectivity index (χ4n) is 1.88. The first-order chi connectivity index (χ1) is 7.65. The van der Waals surface area contributed by atoms with E-state index in [1.165, 1.54) is 0 Å². The third-order valence-corrected chi connectivity index (χ3v) is 3.02. The molecule has 5 heteroatoms. The molecule has 1 aliphatic rings. The van der Waals surface area contributed by atoms with E-state index < -0.39 is 0 Å². The van der Waals surface area contributed by atoms with Gasteiger partial charge in [0, 0.05) is 32.4 Å². The van der Waals surface area contributed by atoms with E-state index in [1.807, 2.05) is 18.1 Å². The van der Waals surface area contributed by atoms with Gasteiger partial charge in [0.15, 0.2) is 5.82 Å². The quantitative estimate of drug-likeness (QED) is 0.786. The highest BCUT2D eigenvalue weighted by Gasteiger charge is 2.20. The molecule has 2 amide bonds. The van der Waals surface area contributed by atoms with E-state index in [4.69, 9.17) is 0 Å². The average molecular weight is 222 g/mol. The number of hydrogen-bond acceptors (Lipinski definition) is 2. The molecular weight excluding hydrogens is 204 g/mol. The van der Waals surface area contributed by atoms with E-state index in [0.29, 0.717) is 5.82 Å². The highest BCUT2D eigenvalue weighted by molar-refractivity contribution is 5.88. The molecule has 0 aliphatic carbocycles. The van der Waals surface area contributed by atoms with Crippen LogP contribution in [-0.4, -0.2) is 33.8 Å². The summed E-state index contributed by atoms with van der Waals surface area (Å²) in [7, 11) is 1.83. The highest BCUT2D eigenvalue weighted by Crippen LogP contribution is 2.16. The molecule has 0 radical (unpaired) electrons. The molecule has 0 bridgehead atoms. The zero-order valence-electron chi connectivity index (χ0n) is 9.81. The molecule has 2 heterocycles. The second kappa shape index (κ2) is 4.55. The molecule has 0 aromatic carbocycles. The molecular formula is C11H18N4O. The largest absolute Gasteiger partial charge is 0.324 e. The summed E-state index contributed by atoms with van der Waals surface area (Å²) in [6.45, 7) is 3.92. The summed E-state index contributed by atoms with van der Waals surface area (Å²) in [5.74, 6) is 1.35. The minimum Gasteiger partial charge on any atom is -0.324 e. The van der Waals surface area contributed by atoms with Crippen LogP contribution in [0.2, 0.25) is 0 Å². The van der Waals surface area contributed by atoms with E-state index in [9.17, 15) is 4.79 Å². The number of nitrogens with one attached hydrogen (secondary N) is 1. The molecule has 0 spiro atoms. The number of amides is 2. The van der Waals surface area contributed by atoms with Crippen LogP contribution in [0.1, 0.15) is 19.8 Å². The summed E-state index contributed by atoms with van der Waals surface area (Å²) in [4.78, 5) is 13.7. The van der Waals surface area contributed by atoms with Crippen molar-refractivity contribution in [3.8, 4) is 0 Å². The number of urea groups is 1. The second-order valence-electron chi connectivity index (χ2n) is 4.47. The molecule has 0 unspecified atom stereocenters. The van der Waals surface area contributed by atoms with Crippen LogP contribution in [0.3, 0.4) is 0 Å². The van der Waals surface area contributed by atoms with Gasteiger partial charge in [-0.3, -0.25) is 10.00 Å². The Morgan fingerprint density at radius 1 is 1.50 bits per heavy atom. The molecule has 1 aromatic rings. The number of hydrogen-bond donors (Lipinski definition) is 1. The van der Waals surface area contributed by atoms with Crippen LogP contribution in [0.15, 0.2) is 12.3 Å². The predicted molar refractivity (Wildman–Crippen MR) is 62.2 cm³/mol. The Hall–Kier alpha value is -1.52. The minimum absolute atomic E-state index is 0.0365. The molecule has 0 atom stereocenters. The van der Waals surface area contributed by atoms with Crippen LogP contribution in [0.5, 0.6) is 0 Å². The van der Waals surface area contributed by atoms with Crippen molar-refractivity contribution in [3.63, 3.8) is 0 Å². The standard InChI is InChI=1S/C11H18N4O/c1-9-3-7-15(8-4-9)11(16)12-10-5-6-14(2)13-10/h5-6,9H,3-4,7-8H2,1-2H3,(H,12,13,16). The smallest absolute Gasteiger partial charge is 0.323 e. The number of carbonyl (C=O) groups excluding carboxylic acids is 1. The Kier molecular flexibility index (Phi) is 3.12. The summed E-state index contributed by atoms with van der Waals surface area (Å²) < 4.78 is 1.67. The van der Waals surface area contributed by atoms with Crippen molar-refractivity contribution in [2.24, 2.45) is 13.0 Å². The van der Waals surface area contributed by atoms with Gasteiger partial charge in [-0.05, 0) is 18.8 Å². The first kappa shape index (κ1) is 11.0. The fourth-order valence-corrected chi connectivity index (χ4v) is 1.88. The van der Waals surface area contributed by atoms with Gasteiger partial charge in [-0.2, -0.15) is 5.10 Å². The summed E-state index contributed by atoms with van der Waals surface area (Å²) in [6.07, 6.45) is 4.00. The number of aromatic nitrogens is 2. The molecule has 2 rings (SSSR count). The lowest BCUT2D eigenvalue weighted by molar-refractivity contribution is 0.186. The van der Waals surface area contributed by atoms with Crippen LogP contribution in [0.25, 0.3) is 0 Å². The van der Waals surface area contributed by atoms with E-state index in [-0.39, 0.29) is 6.03 Å². The third kappa shape index (κ3) is 2.53. The van der Waals surface area contributed by atoms with Gasteiger partial charge in [-0.15, -0.1) is 0 Å². The molecule has 1 aromatic heterocycles. The Morgan fingerprint density at radius 3 is 2.75 bits per heavy atom. The van der Waals surface area contributed by atoms with E-state index in [1.54, 1.807) is 10.7 Å². The van der Waals surface area contributed by atoms with Gasteiger partial charge >= 0.3 is 6.03 Å². The number of rotatable bonds is 1.